The summed E-state index contributed by atoms with van der Waals surface area (Å²) in [5, 5.41) is 7.15. The Morgan fingerprint density at radius 3 is 2.71 bits per heavy atom. The van der Waals surface area contributed by atoms with Crippen LogP contribution in [0.3, 0.4) is 0 Å². The van der Waals surface area contributed by atoms with Crippen LogP contribution in [0, 0.1) is 5.82 Å². The van der Waals surface area contributed by atoms with Gasteiger partial charge in [0.25, 0.3) is 0 Å². The van der Waals surface area contributed by atoms with Crippen LogP contribution < -0.4 is 4.74 Å². The van der Waals surface area contributed by atoms with Crippen LogP contribution in [0.4, 0.5) is 8.78 Å². The van der Waals surface area contributed by atoms with Gasteiger partial charge in [-0.2, -0.15) is 10.1 Å². The molecule has 12 heteroatoms. The molecule has 51 heavy (non-hydrogen) atoms. The van der Waals surface area contributed by atoms with Gasteiger partial charge in [-0.1, -0.05) is 54.9 Å². The van der Waals surface area contributed by atoms with Gasteiger partial charge in [-0.25, -0.2) is 18.2 Å². The van der Waals surface area contributed by atoms with E-state index in [9.17, 15) is 4.39 Å². The van der Waals surface area contributed by atoms with Crippen molar-refractivity contribution in [1.29, 1.82) is 0 Å². The molecule has 5 heterocycles. The molecule has 1 spiro atoms. The topological polar surface area (TPSA) is 69.0 Å². The zero-order valence-corrected chi connectivity index (χ0v) is 31.9. The van der Waals surface area contributed by atoms with Crippen molar-refractivity contribution in [3.05, 3.63) is 100 Å². The molecular formula is C39H35ClF2IN6OP. The number of ether oxygens (including phenoxy) is 1. The second kappa shape index (κ2) is 13.3. The van der Waals surface area contributed by atoms with Crippen LogP contribution in [0.5, 0.6) is 5.88 Å². The van der Waals surface area contributed by atoms with E-state index in [1.807, 2.05) is 59.3 Å². The van der Waals surface area contributed by atoms with Crippen molar-refractivity contribution in [1.82, 2.24) is 29.4 Å². The highest BCUT2D eigenvalue weighted by Gasteiger charge is 2.57. The zero-order valence-electron chi connectivity index (χ0n) is 28.0. The second-order valence-corrected chi connectivity index (χ2v) is 16.3. The lowest BCUT2D eigenvalue weighted by Gasteiger charge is -2.17. The van der Waals surface area contributed by atoms with Crippen molar-refractivity contribution < 1.29 is 13.5 Å². The number of hydrogen-bond donors (Lipinski definition) is 0. The predicted octanol–water partition coefficient (Wildman–Crippen LogP) is 10.0. The first-order chi connectivity index (χ1) is 24.9. The summed E-state index contributed by atoms with van der Waals surface area (Å²) in [6.07, 6.45) is 9.46. The molecule has 2 aliphatic carbocycles. The van der Waals surface area contributed by atoms with Crippen LogP contribution in [-0.2, 0) is 18.4 Å². The quantitative estimate of drug-likeness (QED) is 0.123. The summed E-state index contributed by atoms with van der Waals surface area (Å²) >= 11 is 9.07. The maximum absolute atomic E-state index is 15.0. The molecule has 7 nitrogen and oxygen atoms in total. The predicted molar refractivity (Wildman–Crippen MR) is 208 cm³/mol. The lowest BCUT2D eigenvalue weighted by atomic mass is 9.88. The zero-order chi connectivity index (χ0) is 34.9. The highest BCUT2D eigenvalue weighted by molar-refractivity contribution is 14.2. The average Bonchev–Trinajstić information content (AvgIpc) is 3.35. The number of hydrogen-bond acceptors (Lipinski definition) is 6. The van der Waals surface area contributed by atoms with E-state index in [-0.39, 0.29) is 10.4 Å². The fraction of sp³-hybridized carbons (Fsp3) is 0.333. The molecule has 2 aliphatic heterocycles. The number of aryl methyl sites for hydroxylation is 1. The first kappa shape index (κ1) is 33.5. The molecule has 3 unspecified atom stereocenters. The SMILES string of the molecule is CCc1nc(OCc2ccccc2)c2c(n1)C1(CC1)c1c-2ccnc1-c1c2cnn(PI)c2cc2ccc(F)c(Cl)c12.FC1CC2CCCN2C1. The second-order valence-electron chi connectivity index (χ2n) is 13.9. The molecule has 0 amide bonds. The summed E-state index contributed by atoms with van der Waals surface area (Å²) in [5.74, 6) is 0.890. The van der Waals surface area contributed by atoms with E-state index >= 15 is 4.39 Å². The van der Waals surface area contributed by atoms with E-state index in [0.717, 1.165) is 87.1 Å². The van der Waals surface area contributed by atoms with E-state index in [1.165, 1.54) is 18.9 Å². The summed E-state index contributed by atoms with van der Waals surface area (Å²) in [6, 6.07) is 18.0. The van der Waals surface area contributed by atoms with E-state index in [4.69, 9.17) is 31.3 Å². The Morgan fingerprint density at radius 2 is 1.94 bits per heavy atom. The van der Waals surface area contributed by atoms with Crippen molar-refractivity contribution in [2.75, 3.05) is 13.1 Å². The van der Waals surface area contributed by atoms with Gasteiger partial charge in [0.05, 0.1) is 40.1 Å². The summed E-state index contributed by atoms with van der Waals surface area (Å²) in [7, 11) is 0. The molecule has 1 saturated carbocycles. The van der Waals surface area contributed by atoms with E-state index in [1.54, 1.807) is 6.07 Å². The standard InChI is InChI=1S/C32H23ClFIN5OP.C7H12FN/c1-2-23-38-30-26(31(39-23)41-16-17-6-4-3-5-7-17)19-10-13-36-29(27(19)32(30)11-12-32)25-20-15-37-40(42-35)22(20)14-18-8-9-21(34)28(33)24(18)25;8-6-4-7-2-1-3-9(7)5-6/h3-10,13-15,42H,2,11-12,16H2,1H3;6-7H,1-5H2. The molecule has 0 bridgehead atoms. The molecule has 4 aliphatic rings. The van der Waals surface area contributed by atoms with E-state index < -0.39 is 12.0 Å². The van der Waals surface area contributed by atoms with Gasteiger partial charge in [-0.05, 0) is 101 Å². The Morgan fingerprint density at radius 1 is 1.10 bits per heavy atom. The maximum Gasteiger partial charge on any atom is 0.225 e. The molecule has 260 valence electrons. The first-order valence-electron chi connectivity index (χ1n) is 17.5. The Labute approximate surface area is 314 Å². The Kier molecular flexibility index (Phi) is 8.72. The Bertz CT molecular complexity index is 2310. The molecule has 3 atom stereocenters. The number of aromatic nitrogens is 5. The van der Waals surface area contributed by atoms with Crippen LogP contribution in [-0.4, -0.2) is 54.7 Å². The fourth-order valence-electron chi connectivity index (χ4n) is 8.39. The lowest BCUT2D eigenvalue weighted by molar-refractivity contribution is 0.292. The van der Waals surface area contributed by atoms with E-state index in [2.05, 4.69) is 39.0 Å². The number of halogens is 4. The number of pyridine rings is 1. The highest BCUT2D eigenvalue weighted by Crippen LogP contribution is 2.65. The van der Waals surface area contributed by atoms with Gasteiger partial charge in [0.2, 0.25) is 5.88 Å². The molecule has 0 N–H and O–H groups in total. The fourth-order valence-corrected chi connectivity index (χ4v) is 10.2. The van der Waals surface area contributed by atoms with Crippen LogP contribution in [0.25, 0.3) is 44.1 Å². The minimum atomic E-state index is -0.518. The molecular weight excluding hydrogens is 800 g/mol. The van der Waals surface area contributed by atoms with Gasteiger partial charge in [-0.3, -0.25) is 9.88 Å². The molecule has 3 fully saturated rings. The summed E-state index contributed by atoms with van der Waals surface area (Å²) in [4.78, 5) is 17.3. The van der Waals surface area contributed by atoms with Crippen LogP contribution in [0.2, 0.25) is 5.02 Å². The third kappa shape index (κ3) is 5.63. The van der Waals surface area contributed by atoms with Crippen molar-refractivity contribution >= 4 is 61.7 Å². The number of benzene rings is 3. The number of rotatable bonds is 6. The van der Waals surface area contributed by atoms with Gasteiger partial charge in [-0.15, -0.1) is 0 Å². The van der Waals surface area contributed by atoms with Crippen LogP contribution >= 0.6 is 40.0 Å². The largest absolute Gasteiger partial charge is 0.472 e. The van der Waals surface area contributed by atoms with Crippen molar-refractivity contribution in [2.24, 2.45) is 0 Å². The molecule has 10 rings (SSSR count). The van der Waals surface area contributed by atoms with Crippen molar-refractivity contribution in [2.45, 2.75) is 69.7 Å². The summed E-state index contributed by atoms with van der Waals surface area (Å²) < 4.78 is 36.0. The molecule has 0 radical (unpaired) electrons. The van der Waals surface area contributed by atoms with Gasteiger partial charge < -0.3 is 4.74 Å². The number of fused-ring (bicyclic) bond motifs is 8. The van der Waals surface area contributed by atoms with Crippen LogP contribution in [0.15, 0.2) is 67.0 Å². The molecule has 2 saturated heterocycles. The van der Waals surface area contributed by atoms with Crippen LogP contribution in [0.1, 0.15) is 61.7 Å². The first-order valence-corrected chi connectivity index (χ1v) is 22.0. The Balaban J connectivity index is 0.000000335. The van der Waals surface area contributed by atoms with Crippen molar-refractivity contribution in [3.8, 4) is 28.3 Å². The minimum Gasteiger partial charge on any atom is -0.472 e. The van der Waals surface area contributed by atoms with Gasteiger partial charge >= 0.3 is 0 Å². The Hall–Kier alpha value is -3.31. The molecule has 3 aromatic heterocycles. The normalized spacial score (nSPS) is 19.9. The third-order valence-electron chi connectivity index (χ3n) is 10.9. The number of nitrogens with zero attached hydrogens (tertiary/aromatic N) is 6. The monoisotopic (exact) mass is 834 g/mol. The van der Waals surface area contributed by atoms with Gasteiger partial charge in [0.15, 0.2) is 0 Å². The summed E-state index contributed by atoms with van der Waals surface area (Å²) in [5.41, 5.74) is 7.35. The minimum absolute atomic E-state index is 0.0915. The smallest absolute Gasteiger partial charge is 0.225 e. The lowest BCUT2D eigenvalue weighted by Crippen LogP contribution is -2.22. The average molecular weight is 835 g/mol. The third-order valence-corrected chi connectivity index (χ3v) is 13.1. The maximum atomic E-state index is 15.0. The van der Waals surface area contributed by atoms with Crippen molar-refractivity contribution in [3.63, 3.8) is 0 Å². The summed E-state index contributed by atoms with van der Waals surface area (Å²) in [6.45, 7) is 4.32. The van der Waals surface area contributed by atoms with Gasteiger partial charge in [0.1, 0.15) is 24.4 Å². The van der Waals surface area contributed by atoms with Gasteiger partial charge in [0, 0.05) is 47.0 Å². The molecule has 6 aromatic rings. The van der Waals surface area contributed by atoms with E-state index in [0.29, 0.717) is 43.3 Å². The number of alkyl halides is 1. The highest BCUT2D eigenvalue weighted by atomic mass is 127. The molecule has 3 aromatic carbocycles.